The number of hydrogen-bond donors (Lipinski definition) is 1. The molecule has 0 atom stereocenters. The lowest BCUT2D eigenvalue weighted by atomic mass is 10.1. The van der Waals surface area contributed by atoms with Crippen molar-refractivity contribution in [3.63, 3.8) is 0 Å². The van der Waals surface area contributed by atoms with Crippen LogP contribution >= 0.6 is 0 Å². The van der Waals surface area contributed by atoms with E-state index in [1.165, 1.54) is 0 Å². The summed E-state index contributed by atoms with van der Waals surface area (Å²) >= 11 is 0. The van der Waals surface area contributed by atoms with Crippen LogP contribution in [-0.4, -0.2) is 20.6 Å². The van der Waals surface area contributed by atoms with Crippen LogP contribution in [0.2, 0.25) is 0 Å². The zero-order valence-electron chi connectivity index (χ0n) is 10.2. The zero-order valence-corrected chi connectivity index (χ0v) is 10.2. The average molecular weight is 218 g/mol. The fraction of sp³-hybridized carbons (Fsp3) is 0.500. The fourth-order valence-corrected chi connectivity index (χ4v) is 1.61. The van der Waals surface area contributed by atoms with Gasteiger partial charge in [-0.3, -0.25) is 0 Å². The average Bonchev–Trinajstić information content (AvgIpc) is 2.61. The summed E-state index contributed by atoms with van der Waals surface area (Å²) in [7, 11) is 0. The summed E-state index contributed by atoms with van der Waals surface area (Å²) in [5.41, 5.74) is 2.14. The summed E-state index contributed by atoms with van der Waals surface area (Å²) < 4.78 is 1.88. The van der Waals surface area contributed by atoms with Crippen LogP contribution in [0.5, 0.6) is 0 Å². The van der Waals surface area contributed by atoms with Gasteiger partial charge in [-0.15, -0.1) is 0 Å². The second-order valence-corrected chi connectivity index (χ2v) is 4.63. The van der Waals surface area contributed by atoms with Gasteiger partial charge >= 0.3 is 0 Å². The monoisotopic (exact) mass is 218 g/mol. The molecule has 0 aliphatic heterocycles. The summed E-state index contributed by atoms with van der Waals surface area (Å²) in [6.45, 7) is 8.49. The maximum atomic E-state index is 4.52. The van der Waals surface area contributed by atoms with E-state index in [0.29, 0.717) is 12.0 Å². The van der Waals surface area contributed by atoms with Gasteiger partial charge in [0, 0.05) is 18.4 Å². The highest BCUT2D eigenvalue weighted by Gasteiger charge is 2.09. The zero-order chi connectivity index (χ0) is 11.7. The smallest absolute Gasteiger partial charge is 0.152 e. The summed E-state index contributed by atoms with van der Waals surface area (Å²) in [4.78, 5) is 4.35. The Bertz CT molecular complexity index is 485. The van der Waals surface area contributed by atoms with Crippen molar-refractivity contribution >= 4 is 11.3 Å². The molecule has 0 radical (unpaired) electrons. The molecule has 1 N–H and O–H groups in total. The van der Waals surface area contributed by atoms with Gasteiger partial charge in [-0.2, -0.15) is 5.10 Å². The van der Waals surface area contributed by atoms with Gasteiger partial charge in [0.2, 0.25) is 0 Å². The Hall–Kier alpha value is -1.58. The van der Waals surface area contributed by atoms with E-state index in [9.17, 15) is 0 Å². The molecule has 0 aromatic carbocycles. The van der Waals surface area contributed by atoms with Gasteiger partial charge in [0.1, 0.15) is 5.52 Å². The maximum absolute atomic E-state index is 4.52. The Morgan fingerprint density at radius 3 is 2.62 bits per heavy atom. The van der Waals surface area contributed by atoms with Gasteiger partial charge in [-0.05, 0) is 25.8 Å². The summed E-state index contributed by atoms with van der Waals surface area (Å²) in [5, 5.41) is 7.84. The van der Waals surface area contributed by atoms with Crippen molar-refractivity contribution in [3.8, 4) is 0 Å². The van der Waals surface area contributed by atoms with E-state index in [-0.39, 0.29) is 0 Å². The van der Waals surface area contributed by atoms with Gasteiger partial charge < -0.3 is 5.32 Å². The first-order chi connectivity index (χ1) is 7.58. The Morgan fingerprint density at radius 2 is 2.00 bits per heavy atom. The highest BCUT2D eigenvalue weighted by atomic mass is 15.2. The van der Waals surface area contributed by atoms with E-state index < -0.39 is 0 Å². The van der Waals surface area contributed by atoms with Gasteiger partial charge in [0.25, 0.3) is 0 Å². The lowest BCUT2D eigenvalue weighted by Crippen LogP contribution is -2.11. The van der Waals surface area contributed by atoms with Crippen LogP contribution in [0.25, 0.3) is 5.52 Å². The molecule has 86 valence electrons. The van der Waals surface area contributed by atoms with Crippen LogP contribution in [0.3, 0.4) is 0 Å². The lowest BCUT2D eigenvalue weighted by molar-refractivity contribution is 0.786. The SMILES string of the molecule is CC(C)Nc1nccn2nc(C(C)C)cc12. The molecule has 2 heterocycles. The minimum Gasteiger partial charge on any atom is -0.366 e. The fourth-order valence-electron chi connectivity index (χ4n) is 1.61. The predicted octanol–water partition coefficient (Wildman–Crippen LogP) is 2.67. The minimum atomic E-state index is 0.371. The topological polar surface area (TPSA) is 42.2 Å². The van der Waals surface area contributed by atoms with E-state index in [0.717, 1.165) is 17.0 Å². The first-order valence-electron chi connectivity index (χ1n) is 5.68. The molecule has 16 heavy (non-hydrogen) atoms. The first kappa shape index (κ1) is 10.9. The van der Waals surface area contributed by atoms with Crippen LogP contribution in [0.1, 0.15) is 39.3 Å². The third kappa shape index (κ3) is 2.01. The van der Waals surface area contributed by atoms with Crippen molar-refractivity contribution < 1.29 is 0 Å². The number of nitrogens with one attached hydrogen (secondary N) is 1. The molecule has 0 spiro atoms. The molecule has 0 amide bonds. The summed E-state index contributed by atoms with van der Waals surface area (Å²) in [6, 6.07) is 2.47. The normalized spacial score (nSPS) is 11.6. The molecule has 4 heteroatoms. The highest BCUT2D eigenvalue weighted by molar-refractivity contribution is 5.68. The van der Waals surface area contributed by atoms with E-state index in [1.807, 2.05) is 10.7 Å². The second-order valence-electron chi connectivity index (χ2n) is 4.63. The molecular weight excluding hydrogens is 200 g/mol. The van der Waals surface area contributed by atoms with Crippen LogP contribution < -0.4 is 5.32 Å². The molecule has 0 fully saturated rings. The van der Waals surface area contributed by atoms with Crippen LogP contribution in [0.4, 0.5) is 5.82 Å². The summed E-state index contributed by atoms with van der Waals surface area (Å²) in [6.07, 6.45) is 3.65. The molecular formula is C12H18N4. The Balaban J connectivity index is 2.50. The van der Waals surface area contributed by atoms with E-state index in [1.54, 1.807) is 6.20 Å². The van der Waals surface area contributed by atoms with Crippen molar-refractivity contribution in [1.82, 2.24) is 14.6 Å². The van der Waals surface area contributed by atoms with E-state index in [2.05, 4.69) is 49.2 Å². The number of aromatic nitrogens is 3. The largest absolute Gasteiger partial charge is 0.366 e. The van der Waals surface area contributed by atoms with Crippen molar-refractivity contribution in [2.75, 3.05) is 5.32 Å². The van der Waals surface area contributed by atoms with Crippen LogP contribution in [0.15, 0.2) is 18.5 Å². The molecule has 4 nitrogen and oxygen atoms in total. The number of anilines is 1. The number of rotatable bonds is 3. The maximum Gasteiger partial charge on any atom is 0.152 e. The number of fused-ring (bicyclic) bond motifs is 1. The highest BCUT2D eigenvalue weighted by Crippen LogP contribution is 2.20. The van der Waals surface area contributed by atoms with Gasteiger partial charge in [0.05, 0.1) is 5.69 Å². The predicted molar refractivity (Wildman–Crippen MR) is 65.8 cm³/mol. The summed E-state index contributed by atoms with van der Waals surface area (Å²) in [5.74, 6) is 1.34. The molecule has 2 rings (SSSR count). The second kappa shape index (κ2) is 4.12. The Labute approximate surface area is 95.7 Å². The van der Waals surface area contributed by atoms with Crippen molar-refractivity contribution in [2.45, 2.75) is 39.7 Å². The van der Waals surface area contributed by atoms with Crippen LogP contribution in [-0.2, 0) is 0 Å². The molecule has 0 unspecified atom stereocenters. The molecule has 0 saturated heterocycles. The van der Waals surface area contributed by atoms with Gasteiger partial charge in [-0.25, -0.2) is 9.50 Å². The number of nitrogens with zero attached hydrogens (tertiary/aromatic N) is 3. The van der Waals surface area contributed by atoms with Crippen molar-refractivity contribution in [1.29, 1.82) is 0 Å². The lowest BCUT2D eigenvalue weighted by Gasteiger charge is -2.09. The molecule has 2 aromatic heterocycles. The van der Waals surface area contributed by atoms with E-state index in [4.69, 9.17) is 0 Å². The van der Waals surface area contributed by atoms with E-state index >= 15 is 0 Å². The third-order valence-corrected chi connectivity index (χ3v) is 2.43. The Morgan fingerprint density at radius 1 is 1.25 bits per heavy atom. The third-order valence-electron chi connectivity index (χ3n) is 2.43. The number of hydrogen-bond acceptors (Lipinski definition) is 3. The molecule has 0 aliphatic rings. The molecule has 0 bridgehead atoms. The van der Waals surface area contributed by atoms with Crippen molar-refractivity contribution in [3.05, 3.63) is 24.2 Å². The quantitative estimate of drug-likeness (QED) is 0.861. The first-order valence-corrected chi connectivity index (χ1v) is 5.68. The minimum absolute atomic E-state index is 0.371. The van der Waals surface area contributed by atoms with Gasteiger partial charge in [0.15, 0.2) is 5.82 Å². The van der Waals surface area contributed by atoms with Gasteiger partial charge in [-0.1, -0.05) is 13.8 Å². The molecule has 2 aromatic rings. The van der Waals surface area contributed by atoms with Crippen LogP contribution in [0, 0.1) is 0 Å². The molecule has 0 aliphatic carbocycles. The molecule has 0 saturated carbocycles. The Kier molecular flexibility index (Phi) is 2.81. The standard InChI is InChI=1S/C12H18N4/c1-8(2)10-7-11-12(14-9(3)4)13-5-6-16(11)15-10/h5-9H,1-4H3,(H,13,14). The van der Waals surface area contributed by atoms with Crippen molar-refractivity contribution in [2.24, 2.45) is 0 Å².